The Morgan fingerprint density at radius 2 is 2.40 bits per heavy atom. The molecule has 0 amide bonds. The molecule has 0 fully saturated rings. The van der Waals surface area contributed by atoms with E-state index < -0.39 is 10.9 Å². The summed E-state index contributed by atoms with van der Waals surface area (Å²) in [5, 5.41) is 10.3. The number of hydrogen-bond acceptors (Lipinski definition) is 4. The summed E-state index contributed by atoms with van der Waals surface area (Å²) in [6.45, 7) is 2.00. The summed E-state index contributed by atoms with van der Waals surface area (Å²) in [6.07, 6.45) is 2.63. The molecule has 0 bridgehead atoms. The van der Waals surface area contributed by atoms with Crippen molar-refractivity contribution in [2.24, 2.45) is 0 Å². The van der Waals surface area contributed by atoms with Crippen molar-refractivity contribution < 1.29 is 14.5 Å². The minimum Gasteiger partial charge on any atom is -0.463 e. The molecule has 0 saturated heterocycles. The van der Waals surface area contributed by atoms with Gasteiger partial charge in [-0.2, -0.15) is 0 Å². The number of esters is 1. The van der Waals surface area contributed by atoms with Crippen molar-refractivity contribution in [3.8, 4) is 0 Å². The van der Waals surface area contributed by atoms with Gasteiger partial charge in [-0.25, -0.2) is 9.78 Å². The molecule has 0 atom stereocenters. The summed E-state index contributed by atoms with van der Waals surface area (Å²) in [5.41, 5.74) is 0.481. The van der Waals surface area contributed by atoms with Crippen molar-refractivity contribution in [1.29, 1.82) is 0 Å². The Kier molecular flexibility index (Phi) is 3.61. The van der Waals surface area contributed by atoms with E-state index in [4.69, 9.17) is 0 Å². The second kappa shape index (κ2) is 4.94. The summed E-state index contributed by atoms with van der Waals surface area (Å²) in [6, 6.07) is 2.83. The van der Waals surface area contributed by atoms with Gasteiger partial charge in [0.05, 0.1) is 6.61 Å². The summed E-state index contributed by atoms with van der Waals surface area (Å²) in [5.74, 6) is -0.590. The molecular weight excluding hydrogens is 200 g/mol. The number of ether oxygens (including phenoxy) is 1. The smallest absolute Gasteiger partial charge is 0.330 e. The van der Waals surface area contributed by atoms with Crippen LogP contribution >= 0.6 is 0 Å². The first kappa shape index (κ1) is 11.0. The summed E-state index contributed by atoms with van der Waals surface area (Å²) in [7, 11) is 0. The second-order valence-corrected chi connectivity index (χ2v) is 2.64. The normalized spacial score (nSPS) is 10.5. The molecule has 1 heterocycles. The average Bonchev–Trinajstić information content (AvgIpc) is 2.63. The highest BCUT2D eigenvalue weighted by Crippen LogP contribution is 2.10. The van der Waals surface area contributed by atoms with Gasteiger partial charge in [-0.3, -0.25) is 0 Å². The van der Waals surface area contributed by atoms with Crippen LogP contribution in [0.15, 0.2) is 18.2 Å². The minimum absolute atomic E-state index is 0.112. The number of H-pyrrole nitrogens is 1. The van der Waals surface area contributed by atoms with E-state index in [1.54, 1.807) is 6.92 Å². The van der Waals surface area contributed by atoms with Crippen LogP contribution in [-0.2, 0) is 9.53 Å². The molecular formula is C9H10N2O4. The van der Waals surface area contributed by atoms with E-state index in [-0.39, 0.29) is 5.82 Å². The number of carbonyl (C=O) groups excluding carboxylic acids is 1. The van der Waals surface area contributed by atoms with Crippen molar-refractivity contribution in [1.82, 2.24) is 4.98 Å². The van der Waals surface area contributed by atoms with E-state index in [2.05, 4.69) is 9.72 Å². The molecule has 1 aromatic heterocycles. The Balaban J connectivity index is 2.64. The standard InChI is InChI=1S/C9H10N2O4/c1-2-15-9(12)6-4-7-3-5-8(10-7)11(13)14/h3-6,10H,2H2,1H3. The molecule has 0 aliphatic rings. The molecule has 6 nitrogen and oxygen atoms in total. The Labute approximate surface area is 85.7 Å². The van der Waals surface area contributed by atoms with E-state index in [9.17, 15) is 14.9 Å². The number of aromatic nitrogens is 1. The second-order valence-electron chi connectivity index (χ2n) is 2.64. The van der Waals surface area contributed by atoms with Crippen LogP contribution in [0.1, 0.15) is 12.6 Å². The average molecular weight is 210 g/mol. The van der Waals surface area contributed by atoms with Gasteiger partial charge in [-0.05, 0) is 24.0 Å². The zero-order chi connectivity index (χ0) is 11.3. The van der Waals surface area contributed by atoms with E-state index in [0.29, 0.717) is 12.3 Å². The van der Waals surface area contributed by atoms with Gasteiger partial charge in [0.2, 0.25) is 0 Å². The molecule has 1 rings (SSSR count). The van der Waals surface area contributed by atoms with Gasteiger partial charge in [-0.15, -0.1) is 0 Å². The number of aromatic amines is 1. The fourth-order valence-corrected chi connectivity index (χ4v) is 0.952. The van der Waals surface area contributed by atoms with E-state index in [0.717, 1.165) is 0 Å². The fraction of sp³-hybridized carbons (Fsp3) is 0.222. The molecule has 15 heavy (non-hydrogen) atoms. The molecule has 0 aliphatic heterocycles. The maximum atomic E-state index is 10.9. The van der Waals surface area contributed by atoms with Crippen LogP contribution in [0.5, 0.6) is 0 Å². The lowest BCUT2D eigenvalue weighted by atomic mass is 10.4. The predicted octanol–water partition coefficient (Wildman–Crippen LogP) is 1.50. The molecule has 0 aromatic carbocycles. The minimum atomic E-state index is -0.540. The van der Waals surface area contributed by atoms with Crippen molar-refractivity contribution >= 4 is 17.9 Å². The van der Waals surface area contributed by atoms with Crippen LogP contribution < -0.4 is 0 Å². The van der Waals surface area contributed by atoms with Gasteiger partial charge in [0.1, 0.15) is 5.69 Å². The third kappa shape index (κ3) is 3.26. The van der Waals surface area contributed by atoms with Gasteiger partial charge in [0.15, 0.2) is 0 Å². The van der Waals surface area contributed by atoms with E-state index >= 15 is 0 Å². The Bertz CT molecular complexity index is 395. The number of nitrogens with zero attached hydrogens (tertiary/aromatic N) is 1. The fourth-order valence-electron chi connectivity index (χ4n) is 0.952. The number of nitro groups is 1. The zero-order valence-electron chi connectivity index (χ0n) is 8.10. The summed E-state index contributed by atoms with van der Waals surface area (Å²) < 4.78 is 4.64. The van der Waals surface area contributed by atoms with Crippen LogP contribution in [0.4, 0.5) is 5.82 Å². The molecule has 80 valence electrons. The lowest BCUT2D eigenvalue weighted by molar-refractivity contribution is -0.389. The van der Waals surface area contributed by atoms with Crippen molar-refractivity contribution in [3.05, 3.63) is 34.0 Å². The predicted molar refractivity (Wildman–Crippen MR) is 53.1 cm³/mol. The van der Waals surface area contributed by atoms with E-state index in [1.807, 2.05) is 0 Å². The molecule has 6 heteroatoms. The van der Waals surface area contributed by atoms with Crippen molar-refractivity contribution in [2.45, 2.75) is 6.92 Å². The molecule has 0 saturated carbocycles. The largest absolute Gasteiger partial charge is 0.463 e. The topological polar surface area (TPSA) is 85.2 Å². The van der Waals surface area contributed by atoms with Crippen LogP contribution in [0.2, 0.25) is 0 Å². The Morgan fingerprint density at radius 1 is 1.67 bits per heavy atom. The SMILES string of the molecule is CCOC(=O)C=Cc1ccc([N+](=O)[O-])[nH]1. The first-order chi connectivity index (χ1) is 7.13. The number of rotatable bonds is 4. The van der Waals surface area contributed by atoms with E-state index in [1.165, 1.54) is 24.3 Å². The van der Waals surface area contributed by atoms with Gasteiger partial charge < -0.3 is 14.9 Å². The highest BCUT2D eigenvalue weighted by Gasteiger charge is 2.05. The lowest BCUT2D eigenvalue weighted by Gasteiger charge is -1.92. The number of carbonyl (C=O) groups is 1. The van der Waals surface area contributed by atoms with Gasteiger partial charge in [0.25, 0.3) is 0 Å². The van der Waals surface area contributed by atoms with Crippen LogP contribution in [0.3, 0.4) is 0 Å². The van der Waals surface area contributed by atoms with Gasteiger partial charge in [-0.1, -0.05) is 0 Å². The molecule has 0 radical (unpaired) electrons. The van der Waals surface area contributed by atoms with Crippen LogP contribution in [-0.4, -0.2) is 22.5 Å². The lowest BCUT2D eigenvalue weighted by Crippen LogP contribution is -1.98. The molecule has 0 unspecified atom stereocenters. The number of nitrogens with one attached hydrogen (secondary N) is 1. The molecule has 0 aliphatic carbocycles. The quantitative estimate of drug-likeness (QED) is 0.353. The maximum Gasteiger partial charge on any atom is 0.330 e. The molecule has 0 spiro atoms. The van der Waals surface area contributed by atoms with Crippen molar-refractivity contribution in [3.63, 3.8) is 0 Å². The summed E-state index contributed by atoms with van der Waals surface area (Å²) >= 11 is 0. The molecule has 1 aromatic rings. The first-order valence-electron chi connectivity index (χ1n) is 4.31. The highest BCUT2D eigenvalue weighted by atomic mass is 16.6. The van der Waals surface area contributed by atoms with Crippen LogP contribution in [0.25, 0.3) is 6.08 Å². The van der Waals surface area contributed by atoms with Crippen LogP contribution in [0, 0.1) is 10.1 Å². The van der Waals surface area contributed by atoms with Crippen molar-refractivity contribution in [2.75, 3.05) is 6.61 Å². The Hall–Kier alpha value is -2.11. The third-order valence-electron chi connectivity index (χ3n) is 1.58. The zero-order valence-corrected chi connectivity index (χ0v) is 8.10. The molecule has 1 N–H and O–H groups in total. The maximum absolute atomic E-state index is 10.9. The third-order valence-corrected chi connectivity index (χ3v) is 1.58. The first-order valence-corrected chi connectivity index (χ1v) is 4.31. The van der Waals surface area contributed by atoms with Gasteiger partial charge >= 0.3 is 11.8 Å². The summed E-state index contributed by atoms with van der Waals surface area (Å²) in [4.78, 5) is 23.2. The monoisotopic (exact) mass is 210 g/mol. The van der Waals surface area contributed by atoms with Gasteiger partial charge in [0, 0.05) is 12.1 Å². The Morgan fingerprint density at radius 3 is 2.93 bits per heavy atom. The highest BCUT2D eigenvalue weighted by molar-refractivity contribution is 5.86. The number of hydrogen-bond donors (Lipinski definition) is 1.